The van der Waals surface area contributed by atoms with Crippen LogP contribution in [0.5, 0.6) is 0 Å². The fourth-order valence-electron chi connectivity index (χ4n) is 3.11. The Morgan fingerprint density at radius 2 is 2.00 bits per heavy atom. The van der Waals surface area contributed by atoms with Gasteiger partial charge in [-0.1, -0.05) is 50.3 Å². The van der Waals surface area contributed by atoms with Gasteiger partial charge in [-0.05, 0) is 35.8 Å². The van der Waals surface area contributed by atoms with Crippen LogP contribution in [0.1, 0.15) is 32.3 Å². The molecule has 0 aliphatic heterocycles. The van der Waals surface area contributed by atoms with Crippen LogP contribution in [0.4, 0.5) is 0 Å². The van der Waals surface area contributed by atoms with Gasteiger partial charge in [-0.15, -0.1) is 0 Å². The average Bonchev–Trinajstić information content (AvgIpc) is 2.39. The summed E-state index contributed by atoms with van der Waals surface area (Å²) in [7, 11) is 0. The first-order chi connectivity index (χ1) is 8.65. The highest BCUT2D eigenvalue weighted by molar-refractivity contribution is 5.79. The van der Waals surface area contributed by atoms with Crippen LogP contribution in [0.15, 0.2) is 36.4 Å². The van der Waals surface area contributed by atoms with Gasteiger partial charge in [0.15, 0.2) is 0 Å². The van der Waals surface area contributed by atoms with Gasteiger partial charge >= 0.3 is 0 Å². The predicted octanol–water partition coefficient (Wildman–Crippen LogP) is 3.24. The van der Waals surface area contributed by atoms with Crippen molar-refractivity contribution in [2.45, 2.75) is 26.7 Å². The average molecular weight is 243 g/mol. The van der Waals surface area contributed by atoms with Crippen molar-refractivity contribution in [3.63, 3.8) is 0 Å². The van der Waals surface area contributed by atoms with E-state index in [1.54, 1.807) is 0 Å². The van der Waals surface area contributed by atoms with Gasteiger partial charge in [0.25, 0.3) is 0 Å². The third-order valence-corrected chi connectivity index (χ3v) is 4.17. The van der Waals surface area contributed by atoms with Crippen LogP contribution in [0, 0.1) is 17.8 Å². The van der Waals surface area contributed by atoms with Gasteiger partial charge in [-0.2, -0.15) is 0 Å². The molecule has 1 aromatic carbocycles. The normalized spacial score (nSPS) is 27.7. The van der Waals surface area contributed by atoms with Crippen molar-refractivity contribution in [1.82, 2.24) is 0 Å². The molecule has 1 aliphatic carbocycles. The molecule has 2 heteroatoms. The molecule has 1 aromatic rings. The highest BCUT2D eigenvalue weighted by Gasteiger charge is 2.33. The highest BCUT2D eigenvalue weighted by Crippen LogP contribution is 2.41. The molecular weight excluding hydrogens is 222 g/mol. The van der Waals surface area contributed by atoms with Crippen LogP contribution >= 0.6 is 0 Å². The second-order valence-corrected chi connectivity index (χ2v) is 5.14. The highest BCUT2D eigenvalue weighted by atomic mass is 16.1. The fraction of sp³-hybridized carbons (Fsp3) is 0.438. The Bertz CT molecular complexity index is 449. The molecular formula is C16H21NO. The van der Waals surface area contributed by atoms with Gasteiger partial charge in [0, 0.05) is 5.92 Å². The van der Waals surface area contributed by atoms with Crippen molar-refractivity contribution >= 4 is 11.5 Å². The van der Waals surface area contributed by atoms with E-state index in [0.717, 1.165) is 12.8 Å². The number of allylic oxidation sites excluding steroid dienone is 2. The van der Waals surface area contributed by atoms with Gasteiger partial charge in [0.1, 0.15) is 0 Å². The minimum absolute atomic E-state index is 0.0117. The summed E-state index contributed by atoms with van der Waals surface area (Å²) in [5.41, 5.74) is 8.15. The molecule has 1 amide bonds. The van der Waals surface area contributed by atoms with E-state index in [1.165, 1.54) is 11.1 Å². The number of carbonyl (C=O) groups is 1. The van der Waals surface area contributed by atoms with E-state index in [-0.39, 0.29) is 11.8 Å². The predicted molar refractivity (Wildman–Crippen MR) is 74.7 cm³/mol. The minimum atomic E-state index is -0.163. The zero-order valence-corrected chi connectivity index (χ0v) is 11.1. The van der Waals surface area contributed by atoms with Crippen molar-refractivity contribution in [2.75, 3.05) is 0 Å². The summed E-state index contributed by atoms with van der Waals surface area (Å²) in [6.07, 6.45) is 4.03. The van der Waals surface area contributed by atoms with Gasteiger partial charge in [-0.25, -0.2) is 0 Å². The Balaban J connectivity index is 2.34. The van der Waals surface area contributed by atoms with Crippen LogP contribution < -0.4 is 5.73 Å². The molecule has 0 heterocycles. The first kappa shape index (κ1) is 12.9. The van der Waals surface area contributed by atoms with E-state index >= 15 is 0 Å². The van der Waals surface area contributed by atoms with Crippen molar-refractivity contribution in [3.8, 4) is 0 Å². The lowest BCUT2D eigenvalue weighted by Gasteiger charge is -2.34. The van der Waals surface area contributed by atoms with Gasteiger partial charge in [0.05, 0.1) is 0 Å². The molecule has 0 radical (unpaired) electrons. The lowest BCUT2D eigenvalue weighted by molar-refractivity contribution is -0.123. The number of rotatable bonds is 3. The molecule has 0 saturated carbocycles. The maximum absolute atomic E-state index is 11.5. The number of amides is 1. The summed E-state index contributed by atoms with van der Waals surface area (Å²) in [5, 5.41) is 0. The summed E-state index contributed by atoms with van der Waals surface area (Å²) in [5.74, 6) is 0.582. The number of nitrogens with two attached hydrogens (primary N) is 1. The number of carbonyl (C=O) groups excluding carboxylic acids is 1. The zero-order chi connectivity index (χ0) is 13.1. The van der Waals surface area contributed by atoms with Crippen LogP contribution in [0.2, 0.25) is 0 Å². The molecule has 0 aromatic heterocycles. The van der Waals surface area contributed by atoms with Crippen molar-refractivity contribution in [2.24, 2.45) is 23.5 Å². The van der Waals surface area contributed by atoms with Crippen molar-refractivity contribution in [3.05, 3.63) is 42.0 Å². The molecule has 0 saturated heterocycles. The van der Waals surface area contributed by atoms with E-state index in [2.05, 4.69) is 44.2 Å². The lowest BCUT2D eigenvalue weighted by atomic mass is 9.70. The SMILES string of the molecule is CC[C@@H]1C(c2ccccc2)=CC[C@@H](C(N)=O)[C@@H]1C. The standard InChI is InChI=1S/C16H21NO/c1-3-13-11(2)14(16(17)18)9-10-15(13)12-7-5-4-6-8-12/h4-8,10-11,13-14H,3,9H2,1-2H3,(H2,17,18)/t11-,13+,14-/m1/s1. The summed E-state index contributed by atoms with van der Waals surface area (Å²) in [6, 6.07) is 10.4. The zero-order valence-electron chi connectivity index (χ0n) is 11.1. The molecule has 0 bridgehead atoms. The number of hydrogen-bond acceptors (Lipinski definition) is 1. The van der Waals surface area contributed by atoms with E-state index < -0.39 is 0 Å². The molecule has 1 aliphatic rings. The third kappa shape index (κ3) is 2.33. The van der Waals surface area contributed by atoms with Crippen LogP contribution in [-0.4, -0.2) is 5.91 Å². The summed E-state index contributed by atoms with van der Waals surface area (Å²) >= 11 is 0. The topological polar surface area (TPSA) is 43.1 Å². The second kappa shape index (κ2) is 5.38. The maximum atomic E-state index is 11.5. The Morgan fingerprint density at radius 1 is 1.33 bits per heavy atom. The van der Waals surface area contributed by atoms with Crippen molar-refractivity contribution < 1.29 is 4.79 Å². The second-order valence-electron chi connectivity index (χ2n) is 5.14. The third-order valence-electron chi connectivity index (χ3n) is 4.17. The monoisotopic (exact) mass is 243 g/mol. The first-order valence-electron chi connectivity index (χ1n) is 6.70. The van der Waals surface area contributed by atoms with Crippen LogP contribution in [0.25, 0.3) is 5.57 Å². The Morgan fingerprint density at radius 3 is 2.56 bits per heavy atom. The molecule has 18 heavy (non-hydrogen) atoms. The first-order valence-corrected chi connectivity index (χ1v) is 6.70. The van der Waals surface area contributed by atoms with Crippen molar-refractivity contribution in [1.29, 1.82) is 0 Å². The maximum Gasteiger partial charge on any atom is 0.221 e. The summed E-state index contributed by atoms with van der Waals surface area (Å²) in [4.78, 5) is 11.5. The molecule has 0 unspecified atom stereocenters. The Kier molecular flexibility index (Phi) is 3.85. The largest absolute Gasteiger partial charge is 0.369 e. The number of hydrogen-bond donors (Lipinski definition) is 1. The van der Waals surface area contributed by atoms with Crippen LogP contribution in [0.3, 0.4) is 0 Å². The molecule has 2 N–H and O–H groups in total. The number of benzene rings is 1. The van der Waals surface area contributed by atoms with E-state index in [9.17, 15) is 4.79 Å². The van der Waals surface area contributed by atoms with Gasteiger partial charge in [0.2, 0.25) is 5.91 Å². The lowest BCUT2D eigenvalue weighted by Crippen LogP contribution is -2.35. The molecule has 96 valence electrons. The molecule has 0 fully saturated rings. The van der Waals surface area contributed by atoms with Gasteiger partial charge < -0.3 is 5.73 Å². The van der Waals surface area contributed by atoms with E-state index in [4.69, 9.17) is 5.73 Å². The van der Waals surface area contributed by atoms with Crippen LogP contribution in [-0.2, 0) is 4.79 Å². The van der Waals surface area contributed by atoms with E-state index in [0.29, 0.717) is 11.8 Å². The Labute approximate surface area is 109 Å². The minimum Gasteiger partial charge on any atom is -0.369 e. The molecule has 0 spiro atoms. The summed E-state index contributed by atoms with van der Waals surface area (Å²) < 4.78 is 0. The van der Waals surface area contributed by atoms with E-state index in [1.807, 2.05) is 6.07 Å². The summed E-state index contributed by atoms with van der Waals surface area (Å²) in [6.45, 7) is 4.33. The quantitative estimate of drug-likeness (QED) is 0.870. The molecule has 2 rings (SSSR count). The molecule has 3 atom stereocenters. The number of primary amides is 1. The fourth-order valence-corrected chi connectivity index (χ4v) is 3.11. The smallest absolute Gasteiger partial charge is 0.221 e. The Hall–Kier alpha value is -1.57. The molecule has 2 nitrogen and oxygen atoms in total. The van der Waals surface area contributed by atoms with Gasteiger partial charge in [-0.3, -0.25) is 4.79 Å².